The summed E-state index contributed by atoms with van der Waals surface area (Å²) in [4.78, 5) is 4.28. The molecule has 1 aromatic rings. The number of nitrogens with two attached hydrogens (primary N) is 1. The van der Waals surface area contributed by atoms with Crippen LogP contribution in [-0.4, -0.2) is 17.1 Å². The second-order valence-electron chi connectivity index (χ2n) is 3.86. The predicted octanol–water partition coefficient (Wildman–Crippen LogP) is 2.10. The summed E-state index contributed by atoms with van der Waals surface area (Å²) in [5, 5.41) is 2.77. The van der Waals surface area contributed by atoms with Crippen molar-refractivity contribution in [3.63, 3.8) is 0 Å². The molecule has 4 heteroatoms. The van der Waals surface area contributed by atoms with Gasteiger partial charge in [0.25, 0.3) is 5.19 Å². The summed E-state index contributed by atoms with van der Waals surface area (Å²) in [5.74, 6) is 0. The average molecular weight is 212 g/mol. The van der Waals surface area contributed by atoms with Gasteiger partial charge in [-0.15, -0.1) is 0 Å². The van der Waals surface area contributed by atoms with Crippen molar-refractivity contribution < 1.29 is 4.74 Å². The van der Waals surface area contributed by atoms with Gasteiger partial charge in [-0.25, -0.2) is 4.98 Å². The van der Waals surface area contributed by atoms with Crippen LogP contribution in [0.5, 0.6) is 5.19 Å². The Labute approximate surface area is 88.3 Å². The number of nitrogens with zero attached hydrogens (tertiary/aromatic N) is 1. The van der Waals surface area contributed by atoms with Gasteiger partial charge < -0.3 is 10.5 Å². The summed E-state index contributed by atoms with van der Waals surface area (Å²) in [6.07, 6.45) is 4.78. The van der Waals surface area contributed by atoms with Crippen molar-refractivity contribution in [3.05, 3.63) is 11.1 Å². The van der Waals surface area contributed by atoms with Crippen LogP contribution >= 0.6 is 11.3 Å². The predicted molar refractivity (Wildman–Crippen MR) is 57.7 cm³/mol. The number of hydrogen-bond donors (Lipinski definition) is 1. The Morgan fingerprint density at radius 3 is 2.93 bits per heavy atom. The lowest BCUT2D eigenvalue weighted by Crippen LogP contribution is -2.41. The van der Waals surface area contributed by atoms with Gasteiger partial charge >= 0.3 is 0 Å². The second-order valence-corrected chi connectivity index (χ2v) is 4.68. The van der Waals surface area contributed by atoms with Gasteiger partial charge in [0.05, 0.1) is 5.69 Å². The molecule has 2 atom stereocenters. The molecular weight excluding hydrogens is 196 g/mol. The molecule has 2 N–H and O–H groups in total. The van der Waals surface area contributed by atoms with Crippen molar-refractivity contribution in [2.24, 2.45) is 5.73 Å². The van der Waals surface area contributed by atoms with Gasteiger partial charge in [-0.1, -0.05) is 17.8 Å². The smallest absolute Gasteiger partial charge is 0.273 e. The third-order valence-corrected chi connectivity index (χ3v) is 3.45. The van der Waals surface area contributed by atoms with Crippen LogP contribution in [0.15, 0.2) is 5.38 Å². The molecule has 2 unspecified atom stereocenters. The van der Waals surface area contributed by atoms with Crippen LogP contribution in [0.3, 0.4) is 0 Å². The van der Waals surface area contributed by atoms with E-state index in [-0.39, 0.29) is 12.1 Å². The number of aryl methyl sites for hydroxylation is 1. The molecule has 0 bridgehead atoms. The van der Waals surface area contributed by atoms with Crippen LogP contribution in [0.25, 0.3) is 0 Å². The van der Waals surface area contributed by atoms with E-state index in [1.807, 2.05) is 12.3 Å². The molecule has 14 heavy (non-hydrogen) atoms. The maximum atomic E-state index is 5.99. The van der Waals surface area contributed by atoms with E-state index in [1.54, 1.807) is 11.3 Å². The molecule has 1 saturated carbocycles. The Hall–Kier alpha value is -0.610. The van der Waals surface area contributed by atoms with Crippen LogP contribution in [-0.2, 0) is 0 Å². The first kappa shape index (κ1) is 9.93. The number of hydrogen-bond acceptors (Lipinski definition) is 4. The minimum Gasteiger partial charge on any atom is -0.465 e. The van der Waals surface area contributed by atoms with E-state index in [9.17, 15) is 0 Å². The van der Waals surface area contributed by atoms with Gasteiger partial charge in [0.1, 0.15) is 6.10 Å². The van der Waals surface area contributed by atoms with E-state index in [0.29, 0.717) is 0 Å². The third kappa shape index (κ3) is 2.25. The highest BCUT2D eigenvalue weighted by atomic mass is 32.1. The van der Waals surface area contributed by atoms with Gasteiger partial charge in [0, 0.05) is 11.4 Å². The zero-order valence-corrected chi connectivity index (χ0v) is 9.22. The summed E-state index contributed by atoms with van der Waals surface area (Å²) in [6, 6.07) is 0.188. The Kier molecular flexibility index (Phi) is 3.03. The van der Waals surface area contributed by atoms with Gasteiger partial charge in [0.15, 0.2) is 0 Å². The Balaban J connectivity index is 1.95. The molecule has 1 fully saturated rings. The molecule has 0 amide bonds. The topological polar surface area (TPSA) is 48.1 Å². The van der Waals surface area contributed by atoms with E-state index in [4.69, 9.17) is 10.5 Å². The first-order valence-electron chi connectivity index (χ1n) is 5.10. The standard InChI is InChI=1S/C10H16N2OS/c1-7-6-14-10(12-7)13-9-5-3-2-4-8(9)11/h6,8-9H,2-5,11H2,1H3. The van der Waals surface area contributed by atoms with Crippen LogP contribution in [0, 0.1) is 6.92 Å². The second kappa shape index (κ2) is 4.28. The molecule has 0 spiro atoms. The Morgan fingerprint density at radius 2 is 2.29 bits per heavy atom. The van der Waals surface area contributed by atoms with Gasteiger partial charge in [-0.05, 0) is 26.2 Å². The summed E-state index contributed by atoms with van der Waals surface area (Å²) in [6.45, 7) is 1.98. The van der Waals surface area contributed by atoms with Crippen LogP contribution in [0.1, 0.15) is 31.4 Å². The van der Waals surface area contributed by atoms with Crippen molar-refractivity contribution in [1.82, 2.24) is 4.98 Å². The SMILES string of the molecule is Cc1csc(OC2CCCCC2N)n1. The van der Waals surface area contributed by atoms with Crippen molar-refractivity contribution in [1.29, 1.82) is 0 Å². The molecule has 3 nitrogen and oxygen atoms in total. The highest BCUT2D eigenvalue weighted by molar-refractivity contribution is 7.11. The van der Waals surface area contributed by atoms with Crippen LogP contribution < -0.4 is 10.5 Å². The summed E-state index contributed by atoms with van der Waals surface area (Å²) in [7, 11) is 0. The minimum absolute atomic E-state index is 0.175. The average Bonchev–Trinajstić information content (AvgIpc) is 2.56. The minimum atomic E-state index is 0.175. The quantitative estimate of drug-likeness (QED) is 0.816. The van der Waals surface area contributed by atoms with E-state index in [2.05, 4.69) is 4.98 Å². The van der Waals surface area contributed by atoms with Gasteiger partial charge in [-0.3, -0.25) is 0 Å². The number of rotatable bonds is 2. The molecule has 2 rings (SSSR count). The Morgan fingerprint density at radius 1 is 1.50 bits per heavy atom. The van der Waals surface area contributed by atoms with Crippen molar-refractivity contribution in [3.8, 4) is 5.19 Å². The van der Waals surface area contributed by atoms with Crippen molar-refractivity contribution in [2.75, 3.05) is 0 Å². The maximum Gasteiger partial charge on any atom is 0.273 e. The molecule has 0 radical (unpaired) electrons. The van der Waals surface area contributed by atoms with E-state index >= 15 is 0 Å². The molecule has 1 aliphatic rings. The van der Waals surface area contributed by atoms with E-state index < -0.39 is 0 Å². The molecule has 1 aliphatic carbocycles. The maximum absolute atomic E-state index is 5.99. The van der Waals surface area contributed by atoms with Crippen LogP contribution in [0.2, 0.25) is 0 Å². The normalized spacial score (nSPS) is 27.6. The monoisotopic (exact) mass is 212 g/mol. The molecule has 1 heterocycles. The van der Waals surface area contributed by atoms with Gasteiger partial charge in [0.2, 0.25) is 0 Å². The van der Waals surface area contributed by atoms with Crippen molar-refractivity contribution in [2.45, 2.75) is 44.8 Å². The molecule has 78 valence electrons. The lowest BCUT2D eigenvalue weighted by atomic mass is 9.93. The molecule has 0 aliphatic heterocycles. The Bertz CT molecular complexity index is 300. The third-order valence-electron chi connectivity index (χ3n) is 2.60. The first-order valence-corrected chi connectivity index (χ1v) is 5.98. The van der Waals surface area contributed by atoms with E-state index in [0.717, 1.165) is 23.7 Å². The highest BCUT2D eigenvalue weighted by Gasteiger charge is 2.24. The fourth-order valence-electron chi connectivity index (χ4n) is 1.79. The fourth-order valence-corrected chi connectivity index (χ4v) is 2.49. The number of aromatic nitrogens is 1. The first-order chi connectivity index (χ1) is 6.75. The summed E-state index contributed by atoms with van der Waals surface area (Å²) in [5.41, 5.74) is 7.01. The largest absolute Gasteiger partial charge is 0.465 e. The summed E-state index contributed by atoms with van der Waals surface area (Å²) >= 11 is 1.56. The van der Waals surface area contributed by atoms with Gasteiger partial charge in [-0.2, -0.15) is 0 Å². The zero-order valence-electron chi connectivity index (χ0n) is 8.40. The van der Waals surface area contributed by atoms with E-state index in [1.165, 1.54) is 12.8 Å². The van der Waals surface area contributed by atoms with Crippen LogP contribution in [0.4, 0.5) is 0 Å². The lowest BCUT2D eigenvalue weighted by Gasteiger charge is -2.27. The number of thiazole rings is 1. The lowest BCUT2D eigenvalue weighted by molar-refractivity contribution is 0.132. The molecular formula is C10H16N2OS. The number of ether oxygens (including phenoxy) is 1. The molecule has 0 saturated heterocycles. The fraction of sp³-hybridized carbons (Fsp3) is 0.700. The zero-order chi connectivity index (χ0) is 9.97. The van der Waals surface area contributed by atoms with Crippen molar-refractivity contribution >= 4 is 11.3 Å². The molecule has 0 aromatic carbocycles. The highest BCUT2D eigenvalue weighted by Crippen LogP contribution is 2.25. The molecule has 1 aromatic heterocycles. The summed E-state index contributed by atoms with van der Waals surface area (Å²) < 4.78 is 5.77.